The average Bonchev–Trinajstić information content (AvgIpc) is 2.93. The molecule has 0 saturated carbocycles. The molecule has 144 valence electrons. The molecule has 7 heteroatoms. The Bertz CT molecular complexity index is 1140. The lowest BCUT2D eigenvalue weighted by atomic mass is 10.0. The molecule has 0 radical (unpaired) electrons. The van der Waals surface area contributed by atoms with Gasteiger partial charge in [-0.15, -0.1) is 0 Å². The Balaban J connectivity index is 1.82. The van der Waals surface area contributed by atoms with Crippen molar-refractivity contribution in [2.24, 2.45) is 0 Å². The van der Waals surface area contributed by atoms with E-state index in [1.165, 1.54) is 60.7 Å². The normalized spacial score (nSPS) is 14.0. The molecule has 0 bridgehead atoms. The van der Waals surface area contributed by atoms with E-state index in [2.05, 4.69) is 5.32 Å². The number of nitrogens with zero attached hydrogens (tertiary/aromatic N) is 1. The van der Waals surface area contributed by atoms with Crippen LogP contribution < -0.4 is 10.2 Å². The van der Waals surface area contributed by atoms with E-state index in [1.54, 1.807) is 0 Å². The zero-order valence-corrected chi connectivity index (χ0v) is 14.8. The molecule has 3 aromatic carbocycles. The van der Waals surface area contributed by atoms with Crippen LogP contribution in [-0.4, -0.2) is 11.8 Å². The number of halogens is 3. The number of nitrogens with one attached hydrogen (secondary N) is 1. The Morgan fingerprint density at radius 1 is 0.690 bits per heavy atom. The number of benzene rings is 3. The molecule has 2 amide bonds. The number of anilines is 2. The predicted molar refractivity (Wildman–Crippen MR) is 102 cm³/mol. The van der Waals surface area contributed by atoms with Gasteiger partial charge in [0.25, 0.3) is 11.8 Å². The molecule has 1 aliphatic heterocycles. The topological polar surface area (TPSA) is 49.4 Å². The fraction of sp³-hybridized carbons (Fsp3) is 0. The van der Waals surface area contributed by atoms with Gasteiger partial charge in [0.05, 0.1) is 11.3 Å². The van der Waals surface area contributed by atoms with Gasteiger partial charge in [0.15, 0.2) is 0 Å². The maximum atomic E-state index is 13.6. The number of hydrogen-bond acceptors (Lipinski definition) is 3. The van der Waals surface area contributed by atoms with Crippen molar-refractivity contribution in [1.29, 1.82) is 0 Å². The molecular weight excluding hydrogens is 381 g/mol. The number of imide groups is 1. The van der Waals surface area contributed by atoms with Crippen LogP contribution in [0.1, 0.15) is 5.56 Å². The monoisotopic (exact) mass is 394 g/mol. The smallest absolute Gasteiger partial charge is 0.282 e. The van der Waals surface area contributed by atoms with E-state index in [0.717, 1.165) is 17.0 Å². The summed E-state index contributed by atoms with van der Waals surface area (Å²) < 4.78 is 40.2. The zero-order valence-electron chi connectivity index (χ0n) is 14.8. The molecule has 1 aliphatic rings. The van der Waals surface area contributed by atoms with Crippen LogP contribution in [0.4, 0.5) is 24.5 Å². The first-order valence-electron chi connectivity index (χ1n) is 8.61. The zero-order chi connectivity index (χ0) is 20.5. The van der Waals surface area contributed by atoms with E-state index in [0.29, 0.717) is 5.56 Å². The van der Waals surface area contributed by atoms with Crippen molar-refractivity contribution < 1.29 is 22.8 Å². The largest absolute Gasteiger partial charge is 0.350 e. The molecule has 29 heavy (non-hydrogen) atoms. The highest BCUT2D eigenvalue weighted by Gasteiger charge is 2.40. The summed E-state index contributed by atoms with van der Waals surface area (Å²) in [6.07, 6.45) is 0. The Labute approximate surface area is 163 Å². The standard InChI is InChI=1S/C22H13F3N2O2/c23-14-6-4-13(5-7-14)19-20(26-17-3-1-2-16(25)12-17)22(29)27(21(19)28)18-10-8-15(24)9-11-18/h1-12,26H. The highest BCUT2D eigenvalue weighted by molar-refractivity contribution is 6.46. The second-order valence-electron chi connectivity index (χ2n) is 6.31. The van der Waals surface area contributed by atoms with Crippen molar-refractivity contribution in [1.82, 2.24) is 0 Å². The van der Waals surface area contributed by atoms with Gasteiger partial charge in [-0.25, -0.2) is 18.1 Å². The number of carbonyl (C=O) groups is 2. The maximum Gasteiger partial charge on any atom is 0.282 e. The van der Waals surface area contributed by atoms with Gasteiger partial charge in [-0.1, -0.05) is 18.2 Å². The lowest BCUT2D eigenvalue weighted by Gasteiger charge is -2.15. The van der Waals surface area contributed by atoms with Gasteiger partial charge >= 0.3 is 0 Å². The molecule has 3 aromatic rings. The highest BCUT2D eigenvalue weighted by Crippen LogP contribution is 2.34. The van der Waals surface area contributed by atoms with Crippen LogP contribution in [0.5, 0.6) is 0 Å². The molecule has 4 rings (SSSR count). The van der Waals surface area contributed by atoms with Crippen molar-refractivity contribution in [3.63, 3.8) is 0 Å². The molecule has 1 heterocycles. The SMILES string of the molecule is O=C1C(Nc2cccc(F)c2)=C(c2ccc(F)cc2)C(=O)N1c1ccc(F)cc1. The summed E-state index contributed by atoms with van der Waals surface area (Å²) in [5.41, 5.74) is 0.673. The molecule has 0 unspecified atom stereocenters. The minimum Gasteiger partial charge on any atom is -0.350 e. The van der Waals surface area contributed by atoms with Crippen LogP contribution in [-0.2, 0) is 9.59 Å². The number of hydrogen-bond donors (Lipinski definition) is 1. The fourth-order valence-corrected chi connectivity index (χ4v) is 3.07. The third-order valence-electron chi connectivity index (χ3n) is 4.40. The van der Waals surface area contributed by atoms with Gasteiger partial charge in [-0.05, 0) is 60.2 Å². The van der Waals surface area contributed by atoms with Crippen LogP contribution in [0.15, 0.2) is 78.5 Å². The number of amides is 2. The molecule has 0 atom stereocenters. The summed E-state index contributed by atoms with van der Waals surface area (Å²) in [5, 5.41) is 2.80. The molecular formula is C22H13F3N2O2. The van der Waals surface area contributed by atoms with E-state index in [9.17, 15) is 22.8 Å². The first-order chi connectivity index (χ1) is 13.9. The van der Waals surface area contributed by atoms with Crippen molar-refractivity contribution >= 4 is 28.8 Å². The molecule has 0 aromatic heterocycles. The minimum absolute atomic E-state index is 0.00332. The van der Waals surface area contributed by atoms with Crippen LogP contribution in [0, 0.1) is 17.5 Å². The van der Waals surface area contributed by atoms with Crippen LogP contribution in [0.2, 0.25) is 0 Å². The Morgan fingerprint density at radius 2 is 1.31 bits per heavy atom. The van der Waals surface area contributed by atoms with Crippen molar-refractivity contribution in [3.8, 4) is 0 Å². The average molecular weight is 394 g/mol. The second kappa shape index (κ2) is 7.27. The lowest BCUT2D eigenvalue weighted by molar-refractivity contribution is -0.120. The first kappa shape index (κ1) is 18.5. The van der Waals surface area contributed by atoms with Crippen molar-refractivity contribution in [2.45, 2.75) is 0 Å². The van der Waals surface area contributed by atoms with Crippen molar-refractivity contribution in [3.05, 3.63) is 102 Å². The van der Waals surface area contributed by atoms with E-state index in [1.807, 2.05) is 0 Å². The van der Waals surface area contributed by atoms with Gasteiger partial charge in [-0.3, -0.25) is 9.59 Å². The Kier molecular flexibility index (Phi) is 4.64. The molecule has 1 N–H and O–H groups in total. The van der Waals surface area contributed by atoms with E-state index < -0.39 is 29.3 Å². The summed E-state index contributed by atoms with van der Waals surface area (Å²) in [4.78, 5) is 27.1. The fourth-order valence-electron chi connectivity index (χ4n) is 3.07. The van der Waals surface area contributed by atoms with Crippen molar-refractivity contribution in [2.75, 3.05) is 10.2 Å². The Morgan fingerprint density at radius 3 is 1.93 bits per heavy atom. The van der Waals surface area contributed by atoms with E-state index >= 15 is 0 Å². The summed E-state index contributed by atoms with van der Waals surface area (Å²) in [6, 6.07) is 15.4. The molecule has 0 aliphatic carbocycles. The summed E-state index contributed by atoms with van der Waals surface area (Å²) >= 11 is 0. The van der Waals surface area contributed by atoms with Gasteiger partial charge < -0.3 is 5.32 Å². The lowest BCUT2D eigenvalue weighted by Crippen LogP contribution is -2.32. The molecule has 0 saturated heterocycles. The van der Waals surface area contributed by atoms with Crippen LogP contribution in [0.25, 0.3) is 5.57 Å². The summed E-state index contributed by atoms with van der Waals surface area (Å²) in [5.74, 6) is -2.89. The third kappa shape index (κ3) is 3.50. The van der Waals surface area contributed by atoms with E-state index in [4.69, 9.17) is 0 Å². The summed E-state index contributed by atoms with van der Waals surface area (Å²) in [6.45, 7) is 0. The number of rotatable bonds is 4. The molecule has 0 spiro atoms. The first-order valence-corrected chi connectivity index (χ1v) is 8.61. The van der Waals surface area contributed by atoms with Gasteiger partial charge in [0.1, 0.15) is 23.1 Å². The number of carbonyl (C=O) groups excluding carboxylic acids is 2. The quantitative estimate of drug-likeness (QED) is 0.663. The van der Waals surface area contributed by atoms with Gasteiger partial charge in [0.2, 0.25) is 0 Å². The second-order valence-corrected chi connectivity index (χ2v) is 6.31. The third-order valence-corrected chi connectivity index (χ3v) is 4.40. The van der Waals surface area contributed by atoms with Crippen LogP contribution >= 0.6 is 0 Å². The highest BCUT2D eigenvalue weighted by atomic mass is 19.1. The molecule has 4 nitrogen and oxygen atoms in total. The van der Waals surface area contributed by atoms with Crippen LogP contribution in [0.3, 0.4) is 0 Å². The minimum atomic E-state index is -0.690. The Hall–Kier alpha value is -3.87. The molecule has 0 fully saturated rings. The maximum absolute atomic E-state index is 13.6. The summed E-state index contributed by atoms with van der Waals surface area (Å²) in [7, 11) is 0. The van der Waals surface area contributed by atoms with Gasteiger partial charge in [-0.2, -0.15) is 0 Å². The van der Waals surface area contributed by atoms with E-state index in [-0.39, 0.29) is 22.6 Å². The predicted octanol–water partition coefficient (Wildman–Crippen LogP) is 4.50. The van der Waals surface area contributed by atoms with Gasteiger partial charge in [0, 0.05) is 5.69 Å².